The summed E-state index contributed by atoms with van der Waals surface area (Å²) in [4.78, 5) is 3.81. The van der Waals surface area contributed by atoms with Crippen LogP contribution in [0.4, 0.5) is 5.69 Å². The van der Waals surface area contributed by atoms with Gasteiger partial charge in [-0.05, 0) is 36.6 Å². The fraction of sp³-hybridized carbons (Fsp3) is 0.571. The number of benzene rings is 1. The van der Waals surface area contributed by atoms with Crippen LogP contribution in [0.2, 0.25) is 0 Å². The highest BCUT2D eigenvalue weighted by Crippen LogP contribution is 2.38. The molecule has 1 heterocycles. The van der Waals surface area contributed by atoms with Gasteiger partial charge in [0.15, 0.2) is 0 Å². The fourth-order valence-corrected chi connectivity index (χ4v) is 3.60. The van der Waals surface area contributed by atoms with Crippen LogP contribution in [-0.4, -0.2) is 25.4 Å². The fourth-order valence-electron chi connectivity index (χ4n) is 2.26. The van der Waals surface area contributed by atoms with Crippen LogP contribution in [0.1, 0.15) is 31.7 Å². The van der Waals surface area contributed by atoms with Crippen LogP contribution in [0.15, 0.2) is 23.1 Å². The molecule has 1 atom stereocenters. The van der Waals surface area contributed by atoms with Crippen molar-refractivity contribution in [1.82, 2.24) is 0 Å². The summed E-state index contributed by atoms with van der Waals surface area (Å²) in [6, 6.07) is 7.45. The van der Waals surface area contributed by atoms with E-state index in [0.717, 1.165) is 18.7 Å². The molecule has 0 aliphatic carbocycles. The normalized spacial score (nSPS) is 19.6. The number of fused-ring (bicyclic) bond motifs is 1. The molecule has 1 aliphatic heterocycles. The summed E-state index contributed by atoms with van der Waals surface area (Å²) in [6.45, 7) is 5.27. The van der Waals surface area contributed by atoms with Crippen molar-refractivity contribution < 1.29 is 0 Å². The minimum absolute atomic E-state index is 0.586. The standard InChI is InChI=1S/C14H22N2S/c1-10(2)11-4-5-13-14(8-11)17-9-12(6-7-15)16(13)3/h4-5,8,10,12H,6-7,9,15H2,1-3H3. The van der Waals surface area contributed by atoms with Crippen LogP contribution < -0.4 is 10.6 Å². The Morgan fingerprint density at radius 2 is 2.24 bits per heavy atom. The monoisotopic (exact) mass is 250 g/mol. The van der Waals surface area contributed by atoms with Crippen LogP contribution in [0.3, 0.4) is 0 Å². The van der Waals surface area contributed by atoms with E-state index in [2.05, 4.69) is 44.0 Å². The SMILES string of the molecule is CC(C)c1ccc2c(c1)SCC(CCN)N2C. The van der Waals surface area contributed by atoms with E-state index in [1.165, 1.54) is 16.1 Å². The van der Waals surface area contributed by atoms with Crippen LogP contribution >= 0.6 is 11.8 Å². The maximum Gasteiger partial charge on any atom is 0.0504 e. The Kier molecular flexibility index (Phi) is 4.00. The largest absolute Gasteiger partial charge is 0.370 e. The van der Waals surface area contributed by atoms with Crippen LogP contribution in [0.5, 0.6) is 0 Å². The Bertz CT molecular complexity index is 390. The van der Waals surface area contributed by atoms with Gasteiger partial charge in [-0.3, -0.25) is 0 Å². The summed E-state index contributed by atoms with van der Waals surface area (Å²) in [5.74, 6) is 1.76. The zero-order valence-electron chi connectivity index (χ0n) is 10.9. The molecule has 0 spiro atoms. The summed E-state index contributed by atoms with van der Waals surface area (Å²) >= 11 is 1.97. The molecular weight excluding hydrogens is 228 g/mol. The first-order valence-electron chi connectivity index (χ1n) is 6.33. The highest BCUT2D eigenvalue weighted by atomic mass is 32.2. The summed E-state index contributed by atoms with van der Waals surface area (Å²) in [5.41, 5.74) is 8.47. The number of anilines is 1. The molecule has 1 aromatic rings. The van der Waals surface area contributed by atoms with Gasteiger partial charge in [0.05, 0.1) is 5.69 Å². The molecule has 0 saturated carbocycles. The lowest BCUT2D eigenvalue weighted by Gasteiger charge is -2.35. The van der Waals surface area contributed by atoms with E-state index in [1.807, 2.05) is 11.8 Å². The highest BCUT2D eigenvalue weighted by molar-refractivity contribution is 7.99. The first kappa shape index (κ1) is 12.8. The number of hydrogen-bond acceptors (Lipinski definition) is 3. The highest BCUT2D eigenvalue weighted by Gasteiger charge is 2.23. The third-order valence-corrected chi connectivity index (χ3v) is 4.70. The van der Waals surface area contributed by atoms with E-state index < -0.39 is 0 Å². The van der Waals surface area contributed by atoms with Crippen molar-refractivity contribution >= 4 is 17.4 Å². The van der Waals surface area contributed by atoms with E-state index >= 15 is 0 Å². The van der Waals surface area contributed by atoms with E-state index in [9.17, 15) is 0 Å². The summed E-state index contributed by atoms with van der Waals surface area (Å²) in [5, 5.41) is 0. The second kappa shape index (κ2) is 5.32. The van der Waals surface area contributed by atoms with Crippen molar-refractivity contribution in [2.45, 2.75) is 37.1 Å². The summed E-state index contributed by atoms with van der Waals surface area (Å²) in [7, 11) is 2.19. The number of nitrogens with zero attached hydrogens (tertiary/aromatic N) is 1. The molecule has 17 heavy (non-hydrogen) atoms. The Morgan fingerprint density at radius 1 is 1.47 bits per heavy atom. The van der Waals surface area contributed by atoms with Crippen molar-refractivity contribution in [1.29, 1.82) is 0 Å². The quantitative estimate of drug-likeness (QED) is 0.894. The van der Waals surface area contributed by atoms with Gasteiger partial charge in [0, 0.05) is 23.7 Å². The molecule has 0 aromatic heterocycles. The van der Waals surface area contributed by atoms with Gasteiger partial charge < -0.3 is 10.6 Å². The molecule has 0 fully saturated rings. The molecular formula is C14H22N2S. The third kappa shape index (κ3) is 2.61. The van der Waals surface area contributed by atoms with Crippen molar-refractivity contribution in [3.8, 4) is 0 Å². The van der Waals surface area contributed by atoms with E-state index in [4.69, 9.17) is 5.73 Å². The van der Waals surface area contributed by atoms with E-state index in [0.29, 0.717) is 12.0 Å². The van der Waals surface area contributed by atoms with Crippen molar-refractivity contribution in [3.05, 3.63) is 23.8 Å². The van der Waals surface area contributed by atoms with Gasteiger partial charge >= 0.3 is 0 Å². The lowest BCUT2D eigenvalue weighted by atomic mass is 10.0. The zero-order valence-corrected chi connectivity index (χ0v) is 11.8. The third-order valence-electron chi connectivity index (χ3n) is 3.51. The summed E-state index contributed by atoms with van der Waals surface area (Å²) < 4.78 is 0. The van der Waals surface area contributed by atoms with Crippen LogP contribution in [-0.2, 0) is 0 Å². The number of rotatable bonds is 3. The van der Waals surface area contributed by atoms with Crippen LogP contribution in [0, 0.1) is 0 Å². The predicted octanol–water partition coefficient (Wildman–Crippen LogP) is 3.07. The van der Waals surface area contributed by atoms with Gasteiger partial charge in [0.1, 0.15) is 0 Å². The Morgan fingerprint density at radius 3 is 2.88 bits per heavy atom. The number of thioether (sulfide) groups is 1. The van der Waals surface area contributed by atoms with Crippen molar-refractivity contribution in [2.75, 3.05) is 24.2 Å². The van der Waals surface area contributed by atoms with E-state index in [-0.39, 0.29) is 0 Å². The Hall–Kier alpha value is -0.670. The predicted molar refractivity (Wildman–Crippen MR) is 77.1 cm³/mol. The van der Waals surface area contributed by atoms with Crippen LogP contribution in [0.25, 0.3) is 0 Å². The van der Waals surface area contributed by atoms with Gasteiger partial charge in [-0.25, -0.2) is 0 Å². The van der Waals surface area contributed by atoms with Gasteiger partial charge in [-0.1, -0.05) is 19.9 Å². The molecule has 2 nitrogen and oxygen atoms in total. The summed E-state index contributed by atoms with van der Waals surface area (Å²) in [6.07, 6.45) is 1.08. The molecule has 0 amide bonds. The van der Waals surface area contributed by atoms with Gasteiger partial charge in [-0.2, -0.15) is 0 Å². The first-order valence-corrected chi connectivity index (χ1v) is 7.31. The average molecular weight is 250 g/mol. The molecule has 94 valence electrons. The lowest BCUT2D eigenvalue weighted by Crippen LogP contribution is -2.38. The Balaban J connectivity index is 2.26. The number of nitrogens with two attached hydrogens (primary N) is 1. The molecule has 1 unspecified atom stereocenters. The second-order valence-electron chi connectivity index (χ2n) is 5.03. The minimum atomic E-state index is 0.586. The maximum absolute atomic E-state index is 5.67. The molecule has 3 heteroatoms. The molecule has 1 aliphatic rings. The molecule has 2 rings (SSSR count). The van der Waals surface area contributed by atoms with E-state index in [1.54, 1.807) is 0 Å². The number of hydrogen-bond donors (Lipinski definition) is 1. The second-order valence-corrected chi connectivity index (χ2v) is 6.10. The van der Waals surface area contributed by atoms with Gasteiger partial charge in [0.2, 0.25) is 0 Å². The minimum Gasteiger partial charge on any atom is -0.370 e. The lowest BCUT2D eigenvalue weighted by molar-refractivity contribution is 0.633. The van der Waals surface area contributed by atoms with Crippen molar-refractivity contribution in [3.63, 3.8) is 0 Å². The average Bonchev–Trinajstić information content (AvgIpc) is 2.32. The molecule has 0 radical (unpaired) electrons. The molecule has 0 bridgehead atoms. The molecule has 1 aromatic carbocycles. The first-order chi connectivity index (χ1) is 8.13. The zero-order chi connectivity index (χ0) is 12.4. The molecule has 2 N–H and O–H groups in total. The van der Waals surface area contributed by atoms with Crippen molar-refractivity contribution in [2.24, 2.45) is 5.73 Å². The Labute approximate surface area is 109 Å². The smallest absolute Gasteiger partial charge is 0.0504 e. The maximum atomic E-state index is 5.67. The van der Waals surface area contributed by atoms with Gasteiger partial charge in [-0.15, -0.1) is 11.8 Å². The van der Waals surface area contributed by atoms with Gasteiger partial charge in [0.25, 0.3) is 0 Å². The topological polar surface area (TPSA) is 29.3 Å². The molecule has 0 saturated heterocycles.